The van der Waals surface area contributed by atoms with Gasteiger partial charge in [0.15, 0.2) is 0 Å². The maximum atomic E-state index is 11.7. The van der Waals surface area contributed by atoms with Crippen LogP contribution in [0.5, 0.6) is 5.75 Å². The summed E-state index contributed by atoms with van der Waals surface area (Å²) in [6.07, 6.45) is 0.844. The number of hydrogen-bond acceptors (Lipinski definition) is 3. The van der Waals surface area contributed by atoms with Crippen molar-refractivity contribution in [1.29, 1.82) is 0 Å². The van der Waals surface area contributed by atoms with Crippen LogP contribution in [0.4, 0.5) is 0 Å². The van der Waals surface area contributed by atoms with E-state index in [1.54, 1.807) is 24.3 Å². The number of amides is 1. The van der Waals surface area contributed by atoms with Crippen LogP contribution in [0.1, 0.15) is 5.56 Å². The quantitative estimate of drug-likeness (QED) is 0.803. The summed E-state index contributed by atoms with van der Waals surface area (Å²) in [5.74, 6) is 0.653. The second kappa shape index (κ2) is 7.60. The van der Waals surface area contributed by atoms with E-state index in [-0.39, 0.29) is 11.7 Å². The van der Waals surface area contributed by atoms with Crippen molar-refractivity contribution in [1.82, 2.24) is 5.32 Å². The van der Waals surface area contributed by atoms with Gasteiger partial charge in [-0.3, -0.25) is 4.79 Å². The van der Waals surface area contributed by atoms with E-state index in [0.29, 0.717) is 12.3 Å². The van der Waals surface area contributed by atoms with Gasteiger partial charge in [-0.2, -0.15) is 0 Å². The summed E-state index contributed by atoms with van der Waals surface area (Å²) in [5.41, 5.74) is 1.22. The Morgan fingerprint density at radius 2 is 1.75 bits per heavy atom. The fourth-order valence-corrected chi connectivity index (χ4v) is 2.46. The van der Waals surface area contributed by atoms with Gasteiger partial charge in [0.25, 0.3) is 0 Å². The monoisotopic (exact) mass is 287 g/mol. The van der Waals surface area contributed by atoms with Crippen LogP contribution in [-0.2, 0) is 11.2 Å². The third-order valence-electron chi connectivity index (χ3n) is 2.79. The van der Waals surface area contributed by atoms with E-state index in [1.807, 2.05) is 18.2 Å². The van der Waals surface area contributed by atoms with Crippen molar-refractivity contribution in [3.63, 3.8) is 0 Å². The zero-order valence-electron chi connectivity index (χ0n) is 11.1. The van der Waals surface area contributed by atoms with Crippen LogP contribution >= 0.6 is 11.8 Å². The topological polar surface area (TPSA) is 49.3 Å². The zero-order valence-corrected chi connectivity index (χ0v) is 11.9. The van der Waals surface area contributed by atoms with E-state index in [0.717, 1.165) is 11.3 Å². The number of carbonyl (C=O) groups is 1. The summed E-state index contributed by atoms with van der Waals surface area (Å²) in [5, 5.41) is 12.1. The number of benzene rings is 2. The van der Waals surface area contributed by atoms with Crippen molar-refractivity contribution >= 4 is 17.7 Å². The lowest BCUT2D eigenvalue weighted by molar-refractivity contribution is -0.118. The van der Waals surface area contributed by atoms with Crippen LogP contribution in [0.3, 0.4) is 0 Å². The first-order valence-electron chi connectivity index (χ1n) is 6.46. The Labute approximate surface area is 123 Å². The van der Waals surface area contributed by atoms with Gasteiger partial charge in [-0.1, -0.05) is 30.3 Å². The van der Waals surface area contributed by atoms with E-state index in [1.165, 1.54) is 17.3 Å². The van der Waals surface area contributed by atoms with Crippen LogP contribution in [-0.4, -0.2) is 23.3 Å². The maximum Gasteiger partial charge on any atom is 0.230 e. The molecule has 0 atom stereocenters. The fourth-order valence-electron chi connectivity index (χ4n) is 1.73. The Balaban J connectivity index is 1.67. The molecule has 4 heteroatoms. The first kappa shape index (κ1) is 14.5. The number of phenols is 1. The summed E-state index contributed by atoms with van der Waals surface area (Å²) in [4.78, 5) is 12.7. The average molecular weight is 287 g/mol. The van der Waals surface area contributed by atoms with Crippen LogP contribution in [0.2, 0.25) is 0 Å². The first-order chi connectivity index (χ1) is 9.74. The summed E-state index contributed by atoms with van der Waals surface area (Å²) >= 11 is 1.46. The largest absolute Gasteiger partial charge is 0.508 e. The molecule has 20 heavy (non-hydrogen) atoms. The molecule has 0 aliphatic rings. The van der Waals surface area contributed by atoms with Crippen molar-refractivity contribution in [2.24, 2.45) is 0 Å². The highest BCUT2D eigenvalue weighted by Crippen LogP contribution is 2.20. The standard InChI is InChI=1S/C16H17NO2S/c18-14-6-8-15(9-7-14)20-12-16(19)17-11-10-13-4-2-1-3-5-13/h1-9,18H,10-12H2,(H,17,19). The van der Waals surface area contributed by atoms with Gasteiger partial charge in [0.2, 0.25) is 5.91 Å². The van der Waals surface area contributed by atoms with Gasteiger partial charge in [-0.05, 0) is 36.2 Å². The Bertz CT molecular complexity index is 540. The molecular formula is C16H17NO2S. The molecule has 2 aromatic rings. The number of phenolic OH excluding ortho intramolecular Hbond substituents is 1. The van der Waals surface area contributed by atoms with Gasteiger partial charge >= 0.3 is 0 Å². The molecule has 0 aliphatic heterocycles. The van der Waals surface area contributed by atoms with Gasteiger partial charge in [0.05, 0.1) is 5.75 Å². The number of thioether (sulfide) groups is 1. The Kier molecular flexibility index (Phi) is 5.50. The third kappa shape index (κ3) is 4.97. The number of rotatable bonds is 6. The minimum absolute atomic E-state index is 0.0269. The molecule has 0 spiro atoms. The molecule has 2 rings (SSSR count). The van der Waals surface area contributed by atoms with Crippen LogP contribution in [0.15, 0.2) is 59.5 Å². The number of nitrogens with one attached hydrogen (secondary N) is 1. The molecule has 0 saturated carbocycles. The van der Waals surface area contributed by atoms with Gasteiger partial charge in [0, 0.05) is 11.4 Å². The number of hydrogen-bond donors (Lipinski definition) is 2. The highest BCUT2D eigenvalue weighted by Gasteiger charge is 2.02. The smallest absolute Gasteiger partial charge is 0.230 e. The van der Waals surface area contributed by atoms with E-state index in [9.17, 15) is 4.79 Å². The SMILES string of the molecule is O=C(CSc1ccc(O)cc1)NCCc1ccccc1. The first-order valence-corrected chi connectivity index (χ1v) is 7.45. The molecule has 0 fully saturated rings. The third-order valence-corrected chi connectivity index (χ3v) is 3.80. The van der Waals surface area contributed by atoms with Crippen molar-refractivity contribution in [3.8, 4) is 5.75 Å². The van der Waals surface area contributed by atoms with E-state index >= 15 is 0 Å². The molecule has 1 amide bonds. The maximum absolute atomic E-state index is 11.7. The van der Waals surface area contributed by atoms with Gasteiger partial charge in [-0.25, -0.2) is 0 Å². The van der Waals surface area contributed by atoms with Crippen LogP contribution in [0, 0.1) is 0 Å². The average Bonchev–Trinajstić information content (AvgIpc) is 2.48. The van der Waals surface area contributed by atoms with Gasteiger partial charge in [0.1, 0.15) is 5.75 Å². The lowest BCUT2D eigenvalue weighted by Crippen LogP contribution is -2.27. The van der Waals surface area contributed by atoms with Crippen molar-refractivity contribution < 1.29 is 9.90 Å². The normalized spacial score (nSPS) is 10.2. The highest BCUT2D eigenvalue weighted by atomic mass is 32.2. The molecular weight excluding hydrogens is 270 g/mol. The van der Waals surface area contributed by atoms with Crippen LogP contribution < -0.4 is 5.32 Å². The second-order valence-corrected chi connectivity index (χ2v) is 5.42. The Morgan fingerprint density at radius 1 is 1.05 bits per heavy atom. The Morgan fingerprint density at radius 3 is 2.45 bits per heavy atom. The minimum atomic E-state index is 0.0269. The summed E-state index contributed by atoms with van der Waals surface area (Å²) in [6.45, 7) is 0.652. The van der Waals surface area contributed by atoms with Gasteiger partial charge < -0.3 is 10.4 Å². The lowest BCUT2D eigenvalue weighted by atomic mass is 10.1. The molecule has 0 unspecified atom stereocenters. The molecule has 0 radical (unpaired) electrons. The molecule has 0 saturated heterocycles. The van der Waals surface area contributed by atoms with E-state index < -0.39 is 0 Å². The fraction of sp³-hybridized carbons (Fsp3) is 0.188. The van der Waals surface area contributed by atoms with Crippen LogP contribution in [0.25, 0.3) is 0 Å². The summed E-state index contributed by atoms with van der Waals surface area (Å²) < 4.78 is 0. The predicted molar refractivity (Wildman–Crippen MR) is 82.0 cm³/mol. The number of carbonyl (C=O) groups excluding carboxylic acids is 1. The molecule has 3 nitrogen and oxygen atoms in total. The van der Waals surface area contributed by atoms with E-state index in [4.69, 9.17) is 5.11 Å². The minimum Gasteiger partial charge on any atom is -0.508 e. The molecule has 2 N–H and O–H groups in total. The highest BCUT2D eigenvalue weighted by molar-refractivity contribution is 8.00. The molecule has 0 aliphatic carbocycles. The van der Waals surface area contributed by atoms with Crippen molar-refractivity contribution in [2.45, 2.75) is 11.3 Å². The molecule has 0 aromatic heterocycles. The zero-order chi connectivity index (χ0) is 14.2. The molecule has 0 heterocycles. The molecule has 0 bridgehead atoms. The lowest BCUT2D eigenvalue weighted by Gasteiger charge is -2.05. The second-order valence-electron chi connectivity index (χ2n) is 4.37. The summed E-state index contributed by atoms with van der Waals surface area (Å²) in [7, 11) is 0. The molecule has 2 aromatic carbocycles. The predicted octanol–water partition coefficient (Wildman–Crippen LogP) is 2.84. The number of aromatic hydroxyl groups is 1. The van der Waals surface area contributed by atoms with Crippen molar-refractivity contribution in [3.05, 3.63) is 60.2 Å². The van der Waals surface area contributed by atoms with Crippen molar-refractivity contribution in [2.75, 3.05) is 12.3 Å². The summed E-state index contributed by atoms with van der Waals surface area (Å²) in [6, 6.07) is 16.9. The Hall–Kier alpha value is -1.94. The van der Waals surface area contributed by atoms with E-state index in [2.05, 4.69) is 17.4 Å². The molecule has 104 valence electrons. The van der Waals surface area contributed by atoms with Gasteiger partial charge in [-0.15, -0.1) is 11.8 Å².